The van der Waals surface area contributed by atoms with E-state index < -0.39 is 89.3 Å². The van der Waals surface area contributed by atoms with Gasteiger partial charge in [0, 0.05) is 23.6 Å². The highest BCUT2D eigenvalue weighted by Gasteiger charge is 2.50. The van der Waals surface area contributed by atoms with E-state index in [9.17, 15) is 44.7 Å². The summed E-state index contributed by atoms with van der Waals surface area (Å²) in [5.41, 5.74) is 7.72. The van der Waals surface area contributed by atoms with Crippen molar-refractivity contribution in [3.63, 3.8) is 0 Å². The van der Waals surface area contributed by atoms with Crippen LogP contribution in [0.15, 0.2) is 48.7 Å². The number of nitrogen functional groups attached to an aromatic ring is 1. The van der Waals surface area contributed by atoms with Crippen molar-refractivity contribution < 1.29 is 44.7 Å². The molecule has 1 aliphatic carbocycles. The predicted octanol–water partition coefficient (Wildman–Crippen LogP) is 8.28. The Kier molecular flexibility index (Phi) is 14.7. The molecule has 5 rings (SSSR count). The lowest BCUT2D eigenvalue weighted by molar-refractivity contribution is -0.142. The molecule has 16 heteroatoms. The van der Waals surface area contributed by atoms with E-state index in [0.29, 0.717) is 6.07 Å². The number of carbonyl (C=O) groups is 2. The lowest BCUT2D eigenvalue weighted by Crippen LogP contribution is -2.35. The van der Waals surface area contributed by atoms with Crippen LogP contribution in [-0.4, -0.2) is 26.6 Å². The van der Waals surface area contributed by atoms with Crippen LogP contribution in [0.2, 0.25) is 0 Å². The third kappa shape index (κ3) is 10.0. The van der Waals surface area contributed by atoms with Crippen LogP contribution in [0.25, 0.3) is 11.1 Å². The van der Waals surface area contributed by atoms with Gasteiger partial charge in [0.15, 0.2) is 5.69 Å². The average Bonchev–Trinajstić information content (AvgIpc) is 3.60. The highest BCUT2D eigenvalue weighted by atomic mass is 19.4. The zero-order valence-corrected chi connectivity index (χ0v) is 28.9. The van der Waals surface area contributed by atoms with E-state index in [-0.39, 0.29) is 39.2 Å². The minimum absolute atomic E-state index is 0.00479. The number of halogens is 8. The van der Waals surface area contributed by atoms with Crippen LogP contribution in [0.3, 0.4) is 0 Å². The SMILES string of the molecule is CC.CC.CC.NC(=O)c1cc(-c2cc(N)cnc2C(Cc2cc(F)cc(F)c2)NC(=O)Cn2nc(C(F)(F)F)c3c2C(F)(F)CC3)ccc1F. The second kappa shape index (κ2) is 17.8. The molecule has 1 aliphatic rings. The fourth-order valence-corrected chi connectivity index (χ4v) is 5.33. The van der Waals surface area contributed by atoms with E-state index in [1.807, 2.05) is 41.5 Å². The van der Waals surface area contributed by atoms with E-state index in [0.717, 1.165) is 24.3 Å². The summed E-state index contributed by atoms with van der Waals surface area (Å²) in [4.78, 5) is 29.3. The highest BCUT2D eigenvalue weighted by Crippen LogP contribution is 2.46. The standard InChI is InChI=1S/C29H22F8N6O2.3C2H6/c30-15-5-13(6-16(31)9-15)7-22(24-19(10-17(38)11-40-24)14-1-2-21(32)20(8-14)27(39)45)41-23(44)12-43-26-18(3-4-28(26,33)34)25(42-43)29(35,36)37;3*1-2/h1-2,5-6,8-11,22H,3-4,7,12,38H2,(H2,39,45)(H,41,44);3*1-2H3. The van der Waals surface area contributed by atoms with E-state index >= 15 is 0 Å². The minimum atomic E-state index is -5.06. The maximum Gasteiger partial charge on any atom is 0.435 e. The molecular formula is C35H40F8N6O2. The number of nitrogens with two attached hydrogens (primary N) is 2. The summed E-state index contributed by atoms with van der Waals surface area (Å²) < 4.78 is 113. The molecule has 8 nitrogen and oxygen atoms in total. The van der Waals surface area contributed by atoms with Gasteiger partial charge < -0.3 is 16.8 Å². The largest absolute Gasteiger partial charge is 0.435 e. The maximum atomic E-state index is 14.6. The summed E-state index contributed by atoms with van der Waals surface area (Å²) in [5.74, 6) is -8.74. The van der Waals surface area contributed by atoms with E-state index in [2.05, 4.69) is 15.4 Å². The number of amides is 2. The molecular weight excluding hydrogens is 688 g/mol. The van der Waals surface area contributed by atoms with Crippen LogP contribution in [0.5, 0.6) is 0 Å². The van der Waals surface area contributed by atoms with E-state index in [1.165, 1.54) is 18.3 Å². The van der Waals surface area contributed by atoms with Gasteiger partial charge in [0.1, 0.15) is 29.7 Å². The fraction of sp³-hybridized carbons (Fsp3) is 0.371. The Balaban J connectivity index is 0.00000143. The van der Waals surface area contributed by atoms with Crippen molar-refractivity contribution in [1.82, 2.24) is 20.1 Å². The first-order valence-corrected chi connectivity index (χ1v) is 16.2. The summed E-state index contributed by atoms with van der Waals surface area (Å²) in [7, 11) is 0. The van der Waals surface area contributed by atoms with Gasteiger partial charge in [-0.2, -0.15) is 27.1 Å². The molecule has 0 aliphatic heterocycles. The Morgan fingerprint density at radius 1 is 0.961 bits per heavy atom. The van der Waals surface area contributed by atoms with Gasteiger partial charge in [-0.05, 0) is 54.3 Å². The van der Waals surface area contributed by atoms with Gasteiger partial charge in [-0.25, -0.2) is 13.2 Å². The normalized spacial score (nSPS) is 13.3. The summed E-state index contributed by atoms with van der Waals surface area (Å²) in [6, 6.07) is 5.82. The molecule has 0 saturated carbocycles. The van der Waals surface area contributed by atoms with Gasteiger partial charge in [0.05, 0.1) is 29.2 Å². The van der Waals surface area contributed by atoms with Gasteiger partial charge in [-0.3, -0.25) is 19.3 Å². The number of fused-ring (bicyclic) bond motifs is 1. The molecule has 278 valence electrons. The molecule has 0 bridgehead atoms. The van der Waals surface area contributed by atoms with Crippen LogP contribution >= 0.6 is 0 Å². The first-order chi connectivity index (χ1) is 24.0. The number of hydrogen-bond donors (Lipinski definition) is 3. The molecule has 1 atom stereocenters. The Labute approximate surface area is 290 Å². The smallest absolute Gasteiger partial charge is 0.397 e. The van der Waals surface area contributed by atoms with Crippen molar-refractivity contribution in [2.24, 2.45) is 5.73 Å². The molecule has 0 spiro atoms. The number of pyridine rings is 1. The third-order valence-electron chi connectivity index (χ3n) is 7.16. The predicted molar refractivity (Wildman–Crippen MR) is 177 cm³/mol. The number of aromatic nitrogens is 3. The van der Waals surface area contributed by atoms with Gasteiger partial charge in [-0.15, -0.1) is 0 Å². The average molecular weight is 729 g/mol. The maximum absolute atomic E-state index is 14.6. The molecule has 1 unspecified atom stereocenters. The van der Waals surface area contributed by atoms with Crippen LogP contribution < -0.4 is 16.8 Å². The van der Waals surface area contributed by atoms with Gasteiger partial charge in [0.25, 0.3) is 11.8 Å². The monoisotopic (exact) mass is 728 g/mol. The second-order valence-electron chi connectivity index (χ2n) is 10.4. The molecule has 2 aromatic heterocycles. The first-order valence-electron chi connectivity index (χ1n) is 16.2. The third-order valence-corrected chi connectivity index (χ3v) is 7.16. The molecule has 2 heterocycles. The lowest BCUT2D eigenvalue weighted by Gasteiger charge is -2.23. The molecule has 4 aromatic rings. The molecule has 0 fully saturated rings. The molecule has 0 radical (unpaired) electrons. The molecule has 5 N–H and O–H groups in total. The Hall–Kier alpha value is -5.02. The number of nitrogens with zero attached hydrogens (tertiary/aromatic N) is 3. The summed E-state index contributed by atoms with van der Waals surface area (Å²) in [5, 5.41) is 5.75. The highest BCUT2D eigenvalue weighted by molar-refractivity contribution is 5.94. The Bertz CT molecular complexity index is 1800. The topological polar surface area (TPSA) is 129 Å². The summed E-state index contributed by atoms with van der Waals surface area (Å²) in [6.45, 7) is 10.9. The van der Waals surface area contributed by atoms with Crippen LogP contribution in [0.1, 0.15) is 92.6 Å². The Morgan fingerprint density at radius 3 is 2.14 bits per heavy atom. The number of rotatable bonds is 8. The quantitative estimate of drug-likeness (QED) is 0.157. The molecule has 0 saturated heterocycles. The number of anilines is 1. The van der Waals surface area contributed by atoms with Crippen LogP contribution in [-0.2, 0) is 36.3 Å². The number of nitrogens with one attached hydrogen (secondary N) is 1. The summed E-state index contributed by atoms with van der Waals surface area (Å²) in [6.07, 6.45) is -5.76. The van der Waals surface area contributed by atoms with Crippen molar-refractivity contribution in [3.05, 3.63) is 99.9 Å². The second-order valence-corrected chi connectivity index (χ2v) is 10.4. The molecule has 51 heavy (non-hydrogen) atoms. The van der Waals surface area contributed by atoms with Crippen molar-refractivity contribution in [2.45, 2.75) is 85.5 Å². The number of hydrogen-bond acceptors (Lipinski definition) is 5. The van der Waals surface area contributed by atoms with Gasteiger partial charge in [0.2, 0.25) is 5.91 Å². The van der Waals surface area contributed by atoms with Crippen LogP contribution in [0, 0.1) is 17.5 Å². The van der Waals surface area contributed by atoms with Crippen LogP contribution in [0.4, 0.5) is 40.8 Å². The van der Waals surface area contributed by atoms with E-state index in [1.54, 1.807) is 0 Å². The number of primary amides is 1. The minimum Gasteiger partial charge on any atom is -0.397 e. The Morgan fingerprint density at radius 2 is 1.57 bits per heavy atom. The van der Waals surface area contributed by atoms with Gasteiger partial charge in [-0.1, -0.05) is 47.6 Å². The molecule has 2 aromatic carbocycles. The van der Waals surface area contributed by atoms with Gasteiger partial charge >= 0.3 is 6.18 Å². The van der Waals surface area contributed by atoms with Crippen molar-refractivity contribution >= 4 is 17.5 Å². The zero-order chi connectivity index (χ0) is 38.8. The van der Waals surface area contributed by atoms with E-state index in [4.69, 9.17) is 11.5 Å². The number of alkyl halides is 5. The van der Waals surface area contributed by atoms with Crippen molar-refractivity contribution in [1.29, 1.82) is 0 Å². The molecule has 2 amide bonds. The lowest BCUT2D eigenvalue weighted by atomic mass is 9.94. The number of carbonyl (C=O) groups excluding carboxylic acids is 2. The van der Waals surface area contributed by atoms with Crippen molar-refractivity contribution in [3.8, 4) is 11.1 Å². The number of benzene rings is 2. The summed E-state index contributed by atoms with van der Waals surface area (Å²) >= 11 is 0. The zero-order valence-electron chi connectivity index (χ0n) is 28.9. The first kappa shape index (κ1) is 42.1. The fourth-order valence-electron chi connectivity index (χ4n) is 5.33. The van der Waals surface area contributed by atoms with Crippen molar-refractivity contribution in [2.75, 3.05) is 5.73 Å².